The number of aryl methyl sites for hydroxylation is 1. The summed E-state index contributed by atoms with van der Waals surface area (Å²) in [7, 11) is 2.20. The molecular weight excluding hydrogens is 296 g/mol. The van der Waals surface area contributed by atoms with Crippen LogP contribution in [0.2, 0.25) is 0 Å². The van der Waals surface area contributed by atoms with E-state index in [-0.39, 0.29) is 0 Å². The highest BCUT2D eigenvalue weighted by atomic mass is 15.1. The van der Waals surface area contributed by atoms with Crippen molar-refractivity contribution in [3.63, 3.8) is 0 Å². The molecule has 4 nitrogen and oxygen atoms in total. The molecule has 0 aliphatic carbocycles. The monoisotopic (exact) mass is 320 g/mol. The predicted molar refractivity (Wildman–Crippen MR) is 97.2 cm³/mol. The van der Waals surface area contributed by atoms with E-state index in [2.05, 4.69) is 51.6 Å². The van der Waals surface area contributed by atoms with Crippen LogP contribution >= 0.6 is 0 Å². The fraction of sp³-hybridized carbons (Fsp3) is 0.400. The van der Waals surface area contributed by atoms with E-state index in [1.807, 2.05) is 25.4 Å². The van der Waals surface area contributed by atoms with Crippen molar-refractivity contribution in [3.05, 3.63) is 59.2 Å². The molecule has 4 heterocycles. The average molecular weight is 320 g/mol. The Labute approximate surface area is 143 Å². The second-order valence-corrected chi connectivity index (χ2v) is 7.02. The molecule has 124 valence electrons. The fourth-order valence-electron chi connectivity index (χ4n) is 3.88. The third kappa shape index (κ3) is 2.61. The number of hydrogen-bond donors (Lipinski definition) is 0. The van der Waals surface area contributed by atoms with Crippen molar-refractivity contribution in [2.75, 3.05) is 13.6 Å². The van der Waals surface area contributed by atoms with Gasteiger partial charge in [-0.3, -0.25) is 9.97 Å². The van der Waals surface area contributed by atoms with Gasteiger partial charge in [0, 0.05) is 48.5 Å². The molecule has 4 rings (SSSR count). The SMILES string of the molecule is Cc1ccc(CC(C)n2c3c(c4ncccc42)CCN(C)C3)cn1. The second-order valence-electron chi connectivity index (χ2n) is 7.02. The average Bonchev–Trinajstić information content (AvgIpc) is 2.90. The number of hydrogen-bond acceptors (Lipinski definition) is 3. The van der Waals surface area contributed by atoms with Crippen molar-refractivity contribution in [2.24, 2.45) is 0 Å². The maximum absolute atomic E-state index is 4.69. The van der Waals surface area contributed by atoms with Gasteiger partial charge in [0.25, 0.3) is 0 Å². The molecule has 0 aromatic carbocycles. The maximum atomic E-state index is 4.69. The molecule has 0 amide bonds. The van der Waals surface area contributed by atoms with Crippen molar-refractivity contribution < 1.29 is 0 Å². The number of nitrogens with zero attached hydrogens (tertiary/aromatic N) is 4. The zero-order valence-corrected chi connectivity index (χ0v) is 14.7. The lowest BCUT2D eigenvalue weighted by Crippen LogP contribution is -2.28. The highest BCUT2D eigenvalue weighted by Crippen LogP contribution is 2.32. The first kappa shape index (κ1) is 15.3. The molecule has 0 bridgehead atoms. The Kier molecular flexibility index (Phi) is 3.85. The van der Waals surface area contributed by atoms with Crippen molar-refractivity contribution in [3.8, 4) is 0 Å². The minimum absolute atomic E-state index is 0.386. The molecular formula is C20H24N4. The maximum Gasteiger partial charge on any atom is 0.0916 e. The largest absolute Gasteiger partial charge is 0.339 e. The molecule has 1 unspecified atom stereocenters. The van der Waals surface area contributed by atoms with Gasteiger partial charge in [0.1, 0.15) is 0 Å². The number of likely N-dealkylation sites (N-methyl/N-ethyl adjacent to an activating group) is 1. The van der Waals surface area contributed by atoms with Crippen LogP contribution in [-0.2, 0) is 19.4 Å². The summed E-state index contributed by atoms with van der Waals surface area (Å²) in [6.07, 6.45) is 6.00. The van der Waals surface area contributed by atoms with E-state index >= 15 is 0 Å². The van der Waals surface area contributed by atoms with Crippen LogP contribution in [0.3, 0.4) is 0 Å². The Balaban J connectivity index is 1.77. The molecule has 1 aliphatic rings. The topological polar surface area (TPSA) is 34.0 Å². The summed E-state index contributed by atoms with van der Waals surface area (Å²) >= 11 is 0. The number of pyridine rings is 2. The fourth-order valence-corrected chi connectivity index (χ4v) is 3.88. The molecule has 1 atom stereocenters. The quantitative estimate of drug-likeness (QED) is 0.740. The Morgan fingerprint density at radius 2 is 2.08 bits per heavy atom. The van der Waals surface area contributed by atoms with Gasteiger partial charge in [0.15, 0.2) is 0 Å². The van der Waals surface area contributed by atoms with Gasteiger partial charge in [-0.05, 0) is 57.5 Å². The van der Waals surface area contributed by atoms with Gasteiger partial charge >= 0.3 is 0 Å². The molecule has 0 fully saturated rings. The van der Waals surface area contributed by atoms with Crippen molar-refractivity contribution in [1.29, 1.82) is 0 Å². The Bertz CT molecular complexity index is 863. The zero-order valence-electron chi connectivity index (χ0n) is 14.7. The van der Waals surface area contributed by atoms with Crippen LogP contribution in [0.25, 0.3) is 11.0 Å². The lowest BCUT2D eigenvalue weighted by molar-refractivity contribution is 0.299. The van der Waals surface area contributed by atoms with Crippen LogP contribution in [0.5, 0.6) is 0 Å². The molecule has 0 saturated heterocycles. The van der Waals surface area contributed by atoms with Gasteiger partial charge in [-0.15, -0.1) is 0 Å². The van der Waals surface area contributed by atoms with Crippen molar-refractivity contribution in [2.45, 2.75) is 39.3 Å². The van der Waals surface area contributed by atoms with E-state index in [1.165, 1.54) is 27.9 Å². The Morgan fingerprint density at radius 3 is 2.88 bits per heavy atom. The molecule has 0 N–H and O–H groups in total. The first-order valence-electron chi connectivity index (χ1n) is 8.70. The van der Waals surface area contributed by atoms with Gasteiger partial charge in [0.05, 0.1) is 11.0 Å². The summed E-state index contributed by atoms with van der Waals surface area (Å²) in [4.78, 5) is 11.5. The summed E-state index contributed by atoms with van der Waals surface area (Å²) in [5.41, 5.74) is 7.69. The van der Waals surface area contributed by atoms with Gasteiger partial charge in [0.2, 0.25) is 0 Å². The molecule has 3 aromatic heterocycles. The third-order valence-electron chi connectivity index (χ3n) is 5.08. The van der Waals surface area contributed by atoms with E-state index in [4.69, 9.17) is 0 Å². The van der Waals surface area contributed by atoms with Gasteiger partial charge in [-0.2, -0.15) is 0 Å². The van der Waals surface area contributed by atoms with E-state index in [1.54, 1.807) is 0 Å². The van der Waals surface area contributed by atoms with Crippen LogP contribution in [0.1, 0.15) is 35.5 Å². The molecule has 24 heavy (non-hydrogen) atoms. The predicted octanol–water partition coefficient (Wildman–Crippen LogP) is 3.53. The van der Waals surface area contributed by atoms with E-state index in [0.29, 0.717) is 6.04 Å². The van der Waals surface area contributed by atoms with Crippen molar-refractivity contribution in [1.82, 2.24) is 19.4 Å². The first-order chi connectivity index (χ1) is 11.6. The summed E-state index contributed by atoms with van der Waals surface area (Å²) in [6, 6.07) is 8.94. The lowest BCUT2D eigenvalue weighted by Gasteiger charge is -2.26. The minimum atomic E-state index is 0.386. The van der Waals surface area contributed by atoms with Crippen LogP contribution in [0, 0.1) is 6.92 Å². The smallest absolute Gasteiger partial charge is 0.0916 e. The van der Waals surface area contributed by atoms with E-state index in [0.717, 1.165) is 31.6 Å². The molecule has 0 saturated carbocycles. The summed E-state index contributed by atoms with van der Waals surface area (Å²) < 4.78 is 2.51. The van der Waals surface area contributed by atoms with Gasteiger partial charge < -0.3 is 9.47 Å². The summed E-state index contributed by atoms with van der Waals surface area (Å²) in [5.74, 6) is 0. The highest BCUT2D eigenvalue weighted by molar-refractivity contribution is 5.82. The molecule has 0 radical (unpaired) electrons. The van der Waals surface area contributed by atoms with Crippen LogP contribution < -0.4 is 0 Å². The van der Waals surface area contributed by atoms with E-state index in [9.17, 15) is 0 Å². The summed E-state index contributed by atoms with van der Waals surface area (Å²) in [6.45, 7) is 6.45. The molecule has 3 aromatic rings. The third-order valence-corrected chi connectivity index (χ3v) is 5.08. The van der Waals surface area contributed by atoms with Crippen LogP contribution in [-0.4, -0.2) is 33.0 Å². The Morgan fingerprint density at radius 1 is 1.21 bits per heavy atom. The number of aromatic nitrogens is 3. The number of rotatable bonds is 3. The van der Waals surface area contributed by atoms with Gasteiger partial charge in [-0.1, -0.05) is 6.07 Å². The standard InChI is InChI=1S/C20H24N4/c1-14-6-7-16(12-22-14)11-15(2)24-18-5-4-9-21-20(18)17-8-10-23(3)13-19(17)24/h4-7,9,12,15H,8,10-11,13H2,1-3H3. The molecule has 0 spiro atoms. The lowest BCUT2D eigenvalue weighted by atomic mass is 10.1. The normalized spacial score (nSPS) is 16.3. The minimum Gasteiger partial charge on any atom is -0.339 e. The molecule has 4 heteroatoms. The zero-order chi connectivity index (χ0) is 16.7. The van der Waals surface area contributed by atoms with Crippen LogP contribution in [0.4, 0.5) is 0 Å². The highest BCUT2D eigenvalue weighted by Gasteiger charge is 2.25. The van der Waals surface area contributed by atoms with Gasteiger partial charge in [-0.25, -0.2) is 0 Å². The number of fused-ring (bicyclic) bond motifs is 3. The second kappa shape index (κ2) is 6.02. The molecule has 1 aliphatic heterocycles. The van der Waals surface area contributed by atoms with Crippen LogP contribution in [0.15, 0.2) is 36.7 Å². The van der Waals surface area contributed by atoms with Crippen molar-refractivity contribution >= 4 is 11.0 Å². The summed E-state index contributed by atoms with van der Waals surface area (Å²) in [5, 5.41) is 0. The van der Waals surface area contributed by atoms with E-state index < -0.39 is 0 Å². The first-order valence-corrected chi connectivity index (χ1v) is 8.70. The Hall–Kier alpha value is -2.20.